The summed E-state index contributed by atoms with van der Waals surface area (Å²) in [5.41, 5.74) is 1.31. The van der Waals surface area contributed by atoms with Gasteiger partial charge in [-0.1, -0.05) is 42.5 Å². The van der Waals surface area contributed by atoms with Crippen LogP contribution in [0.15, 0.2) is 28.8 Å². The van der Waals surface area contributed by atoms with Gasteiger partial charge in [-0.25, -0.2) is 0 Å². The Hall–Kier alpha value is -2.28. The Labute approximate surface area is 137 Å². The number of hydrogen-bond acceptors (Lipinski definition) is 6. The van der Waals surface area contributed by atoms with Gasteiger partial charge in [0.1, 0.15) is 10.7 Å². The number of amides is 1. The molecule has 1 amide bonds. The maximum atomic E-state index is 12.2. The summed E-state index contributed by atoms with van der Waals surface area (Å²) in [6.45, 7) is 4.26. The SMILES string of the molecule is CCC(CC)c1nnc(NC(=O)Cc2noc3ccccc23)s1. The highest BCUT2D eigenvalue weighted by atomic mass is 32.1. The lowest BCUT2D eigenvalue weighted by Gasteiger charge is -2.05. The molecule has 120 valence electrons. The number of fused-ring (bicyclic) bond motifs is 1. The minimum absolute atomic E-state index is 0.150. The van der Waals surface area contributed by atoms with E-state index in [2.05, 4.69) is 34.5 Å². The molecule has 0 saturated heterocycles. The number of nitrogens with zero attached hydrogens (tertiary/aromatic N) is 3. The van der Waals surface area contributed by atoms with E-state index in [9.17, 15) is 4.79 Å². The van der Waals surface area contributed by atoms with Gasteiger partial charge in [0, 0.05) is 11.3 Å². The molecule has 1 aromatic carbocycles. The first-order valence-electron chi connectivity index (χ1n) is 7.67. The van der Waals surface area contributed by atoms with Crippen LogP contribution in [-0.4, -0.2) is 21.3 Å². The van der Waals surface area contributed by atoms with E-state index >= 15 is 0 Å². The maximum absolute atomic E-state index is 12.2. The van der Waals surface area contributed by atoms with Crippen molar-refractivity contribution < 1.29 is 9.32 Å². The van der Waals surface area contributed by atoms with Crippen molar-refractivity contribution in [1.29, 1.82) is 0 Å². The second kappa shape index (κ2) is 6.87. The van der Waals surface area contributed by atoms with Gasteiger partial charge in [0.05, 0.1) is 6.42 Å². The average molecular weight is 330 g/mol. The highest BCUT2D eigenvalue weighted by Crippen LogP contribution is 2.28. The first-order chi connectivity index (χ1) is 11.2. The van der Waals surface area contributed by atoms with Gasteiger partial charge in [-0.3, -0.25) is 4.79 Å². The molecule has 6 nitrogen and oxygen atoms in total. The highest BCUT2D eigenvalue weighted by Gasteiger charge is 2.16. The standard InChI is InChI=1S/C16H18N4O2S/c1-3-10(4-2)15-18-19-16(23-15)17-14(21)9-12-11-7-5-6-8-13(11)22-20-12/h5-8,10H,3-4,9H2,1-2H3,(H,17,19,21). The Bertz CT molecular complexity index is 807. The van der Waals surface area contributed by atoms with Crippen LogP contribution in [0.25, 0.3) is 11.0 Å². The molecule has 0 atom stereocenters. The lowest BCUT2D eigenvalue weighted by molar-refractivity contribution is -0.115. The van der Waals surface area contributed by atoms with Crippen molar-refractivity contribution in [3.8, 4) is 0 Å². The zero-order chi connectivity index (χ0) is 16.2. The third-order valence-corrected chi connectivity index (χ3v) is 4.80. The van der Waals surface area contributed by atoms with Crippen LogP contribution in [0.5, 0.6) is 0 Å². The Morgan fingerprint density at radius 3 is 2.83 bits per heavy atom. The molecule has 0 aliphatic carbocycles. The molecular formula is C16H18N4O2S. The summed E-state index contributed by atoms with van der Waals surface area (Å²) in [4.78, 5) is 12.2. The van der Waals surface area contributed by atoms with Crippen molar-refractivity contribution in [2.45, 2.75) is 39.0 Å². The number of para-hydroxylation sites is 1. The quantitative estimate of drug-likeness (QED) is 0.744. The van der Waals surface area contributed by atoms with Gasteiger partial charge < -0.3 is 9.84 Å². The number of carbonyl (C=O) groups excluding carboxylic acids is 1. The molecule has 0 fully saturated rings. The summed E-state index contributed by atoms with van der Waals surface area (Å²) in [6.07, 6.45) is 2.19. The fourth-order valence-corrected chi connectivity index (χ4v) is 3.50. The van der Waals surface area contributed by atoms with E-state index in [1.165, 1.54) is 11.3 Å². The summed E-state index contributed by atoms with van der Waals surface area (Å²) in [6, 6.07) is 7.49. The molecule has 3 aromatic rings. The van der Waals surface area contributed by atoms with Crippen LogP contribution in [0, 0.1) is 0 Å². The maximum Gasteiger partial charge on any atom is 0.232 e. The third-order valence-electron chi connectivity index (χ3n) is 3.80. The minimum Gasteiger partial charge on any atom is -0.356 e. The number of carbonyl (C=O) groups is 1. The number of benzene rings is 1. The summed E-state index contributed by atoms with van der Waals surface area (Å²) >= 11 is 1.44. The van der Waals surface area contributed by atoms with Crippen LogP contribution in [0.1, 0.15) is 43.3 Å². The summed E-state index contributed by atoms with van der Waals surface area (Å²) in [5, 5.41) is 17.4. The predicted octanol–water partition coefficient (Wildman–Crippen LogP) is 3.76. The Kier molecular flexibility index (Phi) is 4.66. The van der Waals surface area contributed by atoms with E-state index in [4.69, 9.17) is 4.52 Å². The van der Waals surface area contributed by atoms with E-state index < -0.39 is 0 Å². The molecule has 1 N–H and O–H groups in total. The first-order valence-corrected chi connectivity index (χ1v) is 8.49. The number of aromatic nitrogens is 3. The molecule has 3 rings (SSSR count). The van der Waals surface area contributed by atoms with Crippen LogP contribution >= 0.6 is 11.3 Å². The van der Waals surface area contributed by atoms with Crippen molar-refractivity contribution >= 4 is 33.3 Å². The molecule has 2 heterocycles. The Morgan fingerprint density at radius 1 is 1.26 bits per heavy atom. The number of rotatable bonds is 6. The van der Waals surface area contributed by atoms with E-state index in [0.29, 0.717) is 22.3 Å². The van der Waals surface area contributed by atoms with Gasteiger partial charge in [0.2, 0.25) is 11.0 Å². The normalized spacial score (nSPS) is 11.3. The highest BCUT2D eigenvalue weighted by molar-refractivity contribution is 7.15. The third kappa shape index (κ3) is 3.39. The molecule has 0 aliphatic heterocycles. The van der Waals surface area contributed by atoms with Gasteiger partial charge in [-0.2, -0.15) is 0 Å². The molecule has 2 aromatic heterocycles. The largest absolute Gasteiger partial charge is 0.356 e. The van der Waals surface area contributed by atoms with Gasteiger partial charge >= 0.3 is 0 Å². The van der Waals surface area contributed by atoms with Crippen molar-refractivity contribution in [2.24, 2.45) is 0 Å². The molecule has 0 unspecified atom stereocenters. The second-order valence-electron chi connectivity index (χ2n) is 5.31. The van der Waals surface area contributed by atoms with Gasteiger partial charge in [0.15, 0.2) is 5.58 Å². The van der Waals surface area contributed by atoms with E-state index in [1.54, 1.807) is 0 Å². The Morgan fingerprint density at radius 2 is 2.04 bits per heavy atom. The van der Waals surface area contributed by atoms with Gasteiger partial charge in [-0.05, 0) is 25.0 Å². The molecule has 0 bridgehead atoms. The van der Waals surface area contributed by atoms with E-state index in [1.807, 2.05) is 24.3 Å². The molecular weight excluding hydrogens is 312 g/mol. The predicted molar refractivity (Wildman–Crippen MR) is 89.6 cm³/mol. The van der Waals surface area contributed by atoms with Crippen LogP contribution in [0.3, 0.4) is 0 Å². The molecule has 23 heavy (non-hydrogen) atoms. The van der Waals surface area contributed by atoms with Crippen LogP contribution in [0.2, 0.25) is 0 Å². The fraction of sp³-hybridized carbons (Fsp3) is 0.375. The average Bonchev–Trinajstić information content (AvgIpc) is 3.17. The number of nitrogens with one attached hydrogen (secondary N) is 1. The van der Waals surface area contributed by atoms with Crippen molar-refractivity contribution in [1.82, 2.24) is 15.4 Å². The number of hydrogen-bond donors (Lipinski definition) is 1. The molecule has 7 heteroatoms. The van der Waals surface area contributed by atoms with E-state index in [-0.39, 0.29) is 12.3 Å². The topological polar surface area (TPSA) is 80.9 Å². The van der Waals surface area contributed by atoms with Crippen molar-refractivity contribution in [3.63, 3.8) is 0 Å². The van der Waals surface area contributed by atoms with Crippen LogP contribution < -0.4 is 5.32 Å². The van der Waals surface area contributed by atoms with Crippen molar-refractivity contribution in [3.05, 3.63) is 35.0 Å². The van der Waals surface area contributed by atoms with Crippen molar-refractivity contribution in [2.75, 3.05) is 5.32 Å². The summed E-state index contributed by atoms with van der Waals surface area (Å²) in [7, 11) is 0. The summed E-state index contributed by atoms with van der Waals surface area (Å²) < 4.78 is 5.21. The minimum atomic E-state index is -0.170. The van der Waals surface area contributed by atoms with Crippen LogP contribution in [-0.2, 0) is 11.2 Å². The second-order valence-corrected chi connectivity index (χ2v) is 6.32. The Balaban J connectivity index is 1.68. The first kappa shape index (κ1) is 15.6. The smallest absolute Gasteiger partial charge is 0.232 e. The molecule has 0 aliphatic rings. The van der Waals surface area contributed by atoms with Gasteiger partial charge in [-0.15, -0.1) is 10.2 Å². The van der Waals surface area contributed by atoms with Gasteiger partial charge in [0.25, 0.3) is 0 Å². The molecule has 0 radical (unpaired) electrons. The lowest BCUT2D eigenvalue weighted by Crippen LogP contribution is -2.14. The van der Waals surface area contributed by atoms with E-state index in [0.717, 1.165) is 23.2 Å². The molecule has 0 spiro atoms. The number of anilines is 1. The van der Waals surface area contributed by atoms with Crippen LogP contribution in [0.4, 0.5) is 5.13 Å². The monoisotopic (exact) mass is 330 g/mol. The summed E-state index contributed by atoms with van der Waals surface area (Å²) in [5.74, 6) is 0.230. The molecule has 0 saturated carbocycles. The zero-order valence-electron chi connectivity index (χ0n) is 13.1. The zero-order valence-corrected chi connectivity index (χ0v) is 13.9. The lowest BCUT2D eigenvalue weighted by atomic mass is 10.1. The fourth-order valence-electron chi connectivity index (χ4n) is 2.47.